The topological polar surface area (TPSA) is 76.4 Å². The van der Waals surface area contributed by atoms with Crippen molar-refractivity contribution in [2.75, 3.05) is 13.2 Å². The summed E-state index contributed by atoms with van der Waals surface area (Å²) < 4.78 is 8.09. The summed E-state index contributed by atoms with van der Waals surface area (Å²) in [5.74, 6) is 0.817. The molecule has 0 radical (unpaired) electrons. The summed E-state index contributed by atoms with van der Waals surface area (Å²) in [6.45, 7) is 6.39. The second kappa shape index (κ2) is 7.31. The summed E-state index contributed by atoms with van der Waals surface area (Å²) in [5.41, 5.74) is 1.30. The summed E-state index contributed by atoms with van der Waals surface area (Å²) in [6.07, 6.45) is 0.115. The highest BCUT2D eigenvalue weighted by molar-refractivity contribution is 9.10. The normalized spacial score (nSPS) is 11.7. The van der Waals surface area contributed by atoms with Crippen molar-refractivity contribution in [1.82, 2.24) is 14.9 Å². The van der Waals surface area contributed by atoms with Crippen LogP contribution in [0, 0.1) is 0 Å². The van der Waals surface area contributed by atoms with Crippen LogP contribution in [0.3, 0.4) is 0 Å². The van der Waals surface area contributed by atoms with Crippen LogP contribution in [0.5, 0.6) is 0 Å². The largest absolute Gasteiger partial charge is 0.444 e. The van der Waals surface area contributed by atoms with E-state index in [1.807, 2.05) is 43.5 Å². The van der Waals surface area contributed by atoms with Crippen molar-refractivity contribution >= 4 is 33.1 Å². The van der Waals surface area contributed by atoms with E-state index in [9.17, 15) is 9.90 Å². The number of hydrogen-bond donors (Lipinski definition) is 2. The molecule has 6 nitrogen and oxygen atoms in total. The van der Waals surface area contributed by atoms with Crippen molar-refractivity contribution in [2.45, 2.75) is 39.3 Å². The van der Waals surface area contributed by atoms with Crippen LogP contribution in [0.4, 0.5) is 4.79 Å². The average Bonchev–Trinajstić information content (AvgIpc) is 2.77. The number of aliphatic hydroxyl groups excluding tert-OH is 1. The number of nitrogens with zero attached hydrogens (tertiary/aromatic N) is 2. The number of imidazole rings is 1. The van der Waals surface area contributed by atoms with Gasteiger partial charge in [-0.1, -0.05) is 6.07 Å². The van der Waals surface area contributed by atoms with Crippen molar-refractivity contribution < 1.29 is 14.6 Å². The first-order valence-corrected chi connectivity index (χ1v) is 8.32. The lowest BCUT2D eigenvalue weighted by Gasteiger charge is -2.19. The minimum absolute atomic E-state index is 0.0322. The molecule has 0 aliphatic rings. The van der Waals surface area contributed by atoms with E-state index >= 15 is 0 Å². The molecule has 0 atom stereocenters. The summed E-state index contributed by atoms with van der Waals surface area (Å²) in [6, 6.07) is 5.83. The van der Waals surface area contributed by atoms with E-state index in [1.165, 1.54) is 0 Å². The lowest BCUT2D eigenvalue weighted by molar-refractivity contribution is 0.0528. The van der Waals surface area contributed by atoms with Crippen molar-refractivity contribution in [3.05, 3.63) is 28.5 Å². The fourth-order valence-corrected chi connectivity index (χ4v) is 2.74. The van der Waals surface area contributed by atoms with Crippen LogP contribution in [-0.4, -0.2) is 39.5 Å². The van der Waals surface area contributed by atoms with E-state index < -0.39 is 11.7 Å². The molecule has 0 aliphatic carbocycles. The number of halogens is 1. The zero-order valence-electron chi connectivity index (χ0n) is 13.6. The fourth-order valence-electron chi connectivity index (χ4n) is 2.29. The zero-order valence-corrected chi connectivity index (χ0v) is 15.2. The molecule has 1 amide bonds. The van der Waals surface area contributed by atoms with Gasteiger partial charge in [0.25, 0.3) is 0 Å². The van der Waals surface area contributed by atoms with Gasteiger partial charge < -0.3 is 19.7 Å². The third-order valence-corrected chi connectivity index (χ3v) is 3.79. The summed E-state index contributed by atoms with van der Waals surface area (Å²) in [7, 11) is 0. The number of hydrogen-bond acceptors (Lipinski definition) is 4. The molecule has 0 aliphatic heterocycles. The number of aromatic nitrogens is 2. The summed E-state index contributed by atoms with van der Waals surface area (Å²) in [4.78, 5) is 16.3. The molecule has 2 aromatic rings. The van der Waals surface area contributed by atoms with Gasteiger partial charge in [-0.25, -0.2) is 9.78 Å². The molecule has 0 saturated heterocycles. The van der Waals surface area contributed by atoms with Crippen molar-refractivity contribution in [2.24, 2.45) is 0 Å². The minimum atomic E-state index is -0.515. The lowest BCUT2D eigenvalue weighted by Crippen LogP contribution is -2.33. The molecule has 0 bridgehead atoms. The molecule has 1 aromatic carbocycles. The summed E-state index contributed by atoms with van der Waals surface area (Å²) in [5, 5.41) is 12.0. The van der Waals surface area contributed by atoms with Crippen LogP contribution in [0.2, 0.25) is 0 Å². The van der Waals surface area contributed by atoms with Gasteiger partial charge in [0.2, 0.25) is 0 Å². The second-order valence-corrected chi connectivity index (χ2v) is 7.04. The predicted molar refractivity (Wildman–Crippen MR) is 92.5 cm³/mol. The number of aliphatic hydroxyl groups is 1. The van der Waals surface area contributed by atoms with Crippen LogP contribution >= 0.6 is 15.9 Å². The molecular formula is C16H22BrN3O3. The molecule has 0 unspecified atom stereocenters. The van der Waals surface area contributed by atoms with E-state index in [0.29, 0.717) is 19.5 Å². The number of ether oxygens (including phenoxy) is 1. The molecular weight excluding hydrogens is 362 g/mol. The van der Waals surface area contributed by atoms with Gasteiger partial charge in [0.15, 0.2) is 0 Å². The number of carbonyl (C=O) groups is 1. The number of fused-ring (bicyclic) bond motifs is 1. The number of carbonyl (C=O) groups excluding carboxylic acids is 1. The number of rotatable bonds is 5. The van der Waals surface area contributed by atoms with E-state index in [0.717, 1.165) is 21.3 Å². The fraction of sp³-hybridized carbons (Fsp3) is 0.500. The SMILES string of the molecule is CC(C)(C)OC(=O)NCCc1nc2c(Br)cccc2n1CCO. The molecule has 23 heavy (non-hydrogen) atoms. The Kier molecular flexibility index (Phi) is 5.64. The maximum Gasteiger partial charge on any atom is 0.407 e. The van der Waals surface area contributed by atoms with Crippen LogP contribution in [-0.2, 0) is 17.7 Å². The van der Waals surface area contributed by atoms with Gasteiger partial charge in [0, 0.05) is 24.0 Å². The smallest absolute Gasteiger partial charge is 0.407 e. The van der Waals surface area contributed by atoms with Crippen LogP contribution in [0.15, 0.2) is 22.7 Å². The van der Waals surface area contributed by atoms with Gasteiger partial charge in [-0.05, 0) is 48.8 Å². The highest BCUT2D eigenvalue weighted by atomic mass is 79.9. The van der Waals surface area contributed by atoms with Crippen LogP contribution in [0.1, 0.15) is 26.6 Å². The third-order valence-electron chi connectivity index (χ3n) is 3.15. The average molecular weight is 384 g/mol. The highest BCUT2D eigenvalue weighted by Gasteiger charge is 2.16. The number of alkyl carbamates (subject to hydrolysis) is 1. The molecule has 126 valence electrons. The van der Waals surface area contributed by atoms with Crippen LogP contribution in [0.25, 0.3) is 11.0 Å². The third kappa shape index (κ3) is 4.68. The van der Waals surface area contributed by atoms with Crippen molar-refractivity contribution in [3.63, 3.8) is 0 Å². The van der Waals surface area contributed by atoms with E-state index in [2.05, 4.69) is 26.2 Å². The van der Waals surface area contributed by atoms with Crippen molar-refractivity contribution in [3.8, 4) is 0 Å². The maximum absolute atomic E-state index is 11.7. The Labute approximate surface area is 144 Å². The first kappa shape index (κ1) is 17.7. The van der Waals surface area contributed by atoms with E-state index in [1.54, 1.807) is 0 Å². The number of benzene rings is 1. The number of nitrogens with one attached hydrogen (secondary N) is 1. The number of para-hydroxylation sites is 1. The molecule has 0 fully saturated rings. The Morgan fingerprint density at radius 2 is 2.17 bits per heavy atom. The summed E-state index contributed by atoms with van der Waals surface area (Å²) >= 11 is 3.49. The first-order chi connectivity index (χ1) is 10.8. The molecule has 1 heterocycles. The monoisotopic (exact) mass is 383 g/mol. The molecule has 0 spiro atoms. The second-order valence-electron chi connectivity index (χ2n) is 6.19. The molecule has 0 saturated carbocycles. The Morgan fingerprint density at radius 3 is 2.83 bits per heavy atom. The molecule has 7 heteroatoms. The maximum atomic E-state index is 11.7. The van der Waals surface area contributed by atoms with E-state index in [4.69, 9.17) is 4.74 Å². The van der Waals surface area contributed by atoms with Gasteiger partial charge in [-0.3, -0.25) is 0 Å². The van der Waals surface area contributed by atoms with Gasteiger partial charge in [-0.15, -0.1) is 0 Å². The zero-order chi connectivity index (χ0) is 17.0. The Hall–Kier alpha value is -1.60. The minimum Gasteiger partial charge on any atom is -0.444 e. The quantitative estimate of drug-likeness (QED) is 0.831. The van der Waals surface area contributed by atoms with Gasteiger partial charge in [0.05, 0.1) is 12.1 Å². The molecule has 2 N–H and O–H groups in total. The standard InChI is InChI=1S/C16H22BrN3O3/c1-16(2,3)23-15(22)18-8-7-13-19-14-11(17)5-4-6-12(14)20(13)9-10-21/h4-6,21H,7-10H2,1-3H3,(H,18,22). The predicted octanol–water partition coefficient (Wildman–Crippen LogP) is 2.86. The van der Waals surface area contributed by atoms with E-state index in [-0.39, 0.29) is 6.61 Å². The number of amides is 1. The first-order valence-electron chi connectivity index (χ1n) is 7.53. The van der Waals surface area contributed by atoms with Crippen LogP contribution < -0.4 is 5.32 Å². The molecule has 2 rings (SSSR count). The van der Waals surface area contributed by atoms with Gasteiger partial charge >= 0.3 is 6.09 Å². The van der Waals surface area contributed by atoms with Gasteiger partial charge in [0.1, 0.15) is 16.9 Å². The van der Waals surface area contributed by atoms with Crippen molar-refractivity contribution in [1.29, 1.82) is 0 Å². The molecule has 1 aromatic heterocycles. The van der Waals surface area contributed by atoms with Gasteiger partial charge in [-0.2, -0.15) is 0 Å². The lowest BCUT2D eigenvalue weighted by atomic mass is 10.2. The Morgan fingerprint density at radius 1 is 1.43 bits per heavy atom. The highest BCUT2D eigenvalue weighted by Crippen LogP contribution is 2.24. The Bertz CT molecular complexity index is 692. The Balaban J connectivity index is 2.09.